The number of aryl methyl sites for hydroxylation is 1. The number of amides is 1. The van der Waals surface area contributed by atoms with Gasteiger partial charge in [-0.1, -0.05) is 36.8 Å². The molecule has 0 bridgehead atoms. The van der Waals surface area contributed by atoms with Gasteiger partial charge in [-0.15, -0.1) is 10.2 Å². The summed E-state index contributed by atoms with van der Waals surface area (Å²) in [6.07, 6.45) is 4.36. The third-order valence-electron chi connectivity index (χ3n) is 5.03. The molecule has 0 aliphatic heterocycles. The number of unbranched alkanes of at least 4 members (excludes halogenated alkanes) is 1. The topological polar surface area (TPSA) is 116 Å². The van der Waals surface area contributed by atoms with Gasteiger partial charge in [0.15, 0.2) is 11.5 Å². The Morgan fingerprint density at radius 3 is 2.62 bits per heavy atom. The molecule has 1 heterocycles. The van der Waals surface area contributed by atoms with Gasteiger partial charge in [0, 0.05) is 12.5 Å². The summed E-state index contributed by atoms with van der Waals surface area (Å²) in [6, 6.07) is 14.5. The Morgan fingerprint density at radius 1 is 1.05 bits per heavy atom. The third kappa shape index (κ3) is 8.51. The van der Waals surface area contributed by atoms with Crippen LogP contribution in [0.4, 0.5) is 5.13 Å². The lowest BCUT2D eigenvalue weighted by Crippen LogP contribution is -2.13. The van der Waals surface area contributed by atoms with E-state index >= 15 is 0 Å². The fraction of sp³-hybridized carbons (Fsp3) is 0.333. The summed E-state index contributed by atoms with van der Waals surface area (Å²) in [5.41, 5.74) is 0.559. The van der Waals surface area contributed by atoms with E-state index < -0.39 is 5.91 Å². The lowest BCUT2D eigenvalue weighted by atomic mass is 10.1. The van der Waals surface area contributed by atoms with Crippen LogP contribution in [0, 0.1) is 11.3 Å². The quantitative estimate of drug-likeness (QED) is 0.172. The summed E-state index contributed by atoms with van der Waals surface area (Å²) < 4.78 is 22.5. The Balaban J connectivity index is 1.63. The molecule has 0 aliphatic carbocycles. The number of nitriles is 1. The molecule has 0 radical (unpaired) electrons. The predicted molar refractivity (Wildman–Crippen MR) is 142 cm³/mol. The lowest BCUT2D eigenvalue weighted by Gasteiger charge is -2.13. The van der Waals surface area contributed by atoms with Gasteiger partial charge < -0.3 is 18.9 Å². The van der Waals surface area contributed by atoms with Crippen LogP contribution < -0.4 is 24.3 Å². The summed E-state index contributed by atoms with van der Waals surface area (Å²) >= 11 is 1.31. The molecule has 2 aromatic carbocycles. The normalized spacial score (nSPS) is 10.9. The van der Waals surface area contributed by atoms with Crippen LogP contribution >= 0.6 is 11.3 Å². The summed E-state index contributed by atoms with van der Waals surface area (Å²) in [5.74, 6) is 1.88. The molecule has 9 nitrogen and oxygen atoms in total. The average Bonchev–Trinajstić information content (AvgIpc) is 3.36. The molecule has 1 N–H and O–H groups in total. The van der Waals surface area contributed by atoms with Crippen LogP contribution in [0.5, 0.6) is 23.0 Å². The van der Waals surface area contributed by atoms with Gasteiger partial charge in [-0.25, -0.2) is 0 Å². The summed E-state index contributed by atoms with van der Waals surface area (Å²) in [4.78, 5) is 12.6. The minimum absolute atomic E-state index is 0.0619. The van der Waals surface area contributed by atoms with Crippen LogP contribution in [0.15, 0.2) is 48.0 Å². The zero-order valence-corrected chi connectivity index (χ0v) is 22.0. The predicted octanol–water partition coefficient (Wildman–Crippen LogP) is 5.29. The molecule has 0 saturated carbocycles. The number of anilines is 1. The van der Waals surface area contributed by atoms with Crippen molar-refractivity contribution in [1.29, 1.82) is 5.26 Å². The fourth-order valence-electron chi connectivity index (χ4n) is 3.22. The SMILES string of the molecule is CCCCc1nnc(NC(=O)C(C#N)=Cc2ccc(OCCOc3cccc(OC)c3)c(OCC)c2)s1. The van der Waals surface area contributed by atoms with Crippen molar-refractivity contribution in [3.05, 3.63) is 58.6 Å². The van der Waals surface area contributed by atoms with Crippen molar-refractivity contribution in [2.45, 2.75) is 33.1 Å². The number of methoxy groups -OCH3 is 1. The number of rotatable bonds is 14. The fourth-order valence-corrected chi connectivity index (χ4v) is 3.99. The van der Waals surface area contributed by atoms with E-state index in [1.165, 1.54) is 17.4 Å². The molecule has 0 saturated heterocycles. The lowest BCUT2D eigenvalue weighted by molar-refractivity contribution is -0.112. The number of hydrogen-bond donors (Lipinski definition) is 1. The van der Waals surface area contributed by atoms with Crippen LogP contribution in [-0.4, -0.2) is 43.0 Å². The van der Waals surface area contributed by atoms with E-state index in [-0.39, 0.29) is 5.57 Å². The molecule has 3 aromatic rings. The van der Waals surface area contributed by atoms with Gasteiger partial charge in [-0.2, -0.15) is 5.26 Å². The number of aromatic nitrogens is 2. The van der Waals surface area contributed by atoms with E-state index in [9.17, 15) is 10.1 Å². The monoisotopic (exact) mass is 522 g/mol. The van der Waals surface area contributed by atoms with Gasteiger partial charge >= 0.3 is 0 Å². The van der Waals surface area contributed by atoms with Crippen LogP contribution in [-0.2, 0) is 11.2 Å². The van der Waals surface area contributed by atoms with E-state index in [4.69, 9.17) is 18.9 Å². The first kappa shape index (κ1) is 27.5. The standard InChI is InChI=1S/C27H30N4O5S/c1-4-6-10-25-30-31-27(37-25)29-26(32)20(18-28)15-19-11-12-23(24(16-19)34-5-2)36-14-13-35-22-9-7-8-21(17-22)33-3/h7-9,11-12,15-17H,4-6,10,13-14H2,1-3H3,(H,29,31,32). The van der Waals surface area contributed by atoms with E-state index in [2.05, 4.69) is 22.4 Å². The Hall–Kier alpha value is -4.10. The number of carbonyl (C=O) groups is 1. The van der Waals surface area contributed by atoms with Crippen molar-refractivity contribution in [2.75, 3.05) is 32.2 Å². The second-order valence-electron chi connectivity index (χ2n) is 7.74. The largest absolute Gasteiger partial charge is 0.497 e. The van der Waals surface area contributed by atoms with Crippen LogP contribution in [0.1, 0.15) is 37.3 Å². The highest BCUT2D eigenvalue weighted by atomic mass is 32.1. The minimum atomic E-state index is -0.548. The van der Waals surface area contributed by atoms with Crippen molar-refractivity contribution >= 4 is 28.5 Å². The number of benzene rings is 2. The van der Waals surface area contributed by atoms with Crippen molar-refractivity contribution in [2.24, 2.45) is 0 Å². The number of ether oxygens (including phenoxy) is 4. The second-order valence-corrected chi connectivity index (χ2v) is 8.81. The molecule has 0 unspecified atom stereocenters. The molecule has 0 aliphatic rings. The van der Waals surface area contributed by atoms with Crippen LogP contribution in [0.2, 0.25) is 0 Å². The maximum absolute atomic E-state index is 12.6. The highest BCUT2D eigenvalue weighted by Crippen LogP contribution is 2.30. The third-order valence-corrected chi connectivity index (χ3v) is 5.92. The first-order chi connectivity index (χ1) is 18.1. The molecule has 1 amide bonds. The Bertz CT molecular complexity index is 1250. The van der Waals surface area contributed by atoms with Crippen LogP contribution in [0.25, 0.3) is 6.08 Å². The smallest absolute Gasteiger partial charge is 0.268 e. The van der Waals surface area contributed by atoms with Crippen molar-refractivity contribution in [1.82, 2.24) is 10.2 Å². The van der Waals surface area contributed by atoms with Crippen molar-refractivity contribution in [3.8, 4) is 29.1 Å². The maximum atomic E-state index is 12.6. The molecule has 194 valence electrons. The Labute approximate surface area is 220 Å². The molecule has 0 atom stereocenters. The highest BCUT2D eigenvalue weighted by molar-refractivity contribution is 7.15. The van der Waals surface area contributed by atoms with E-state index in [1.54, 1.807) is 31.4 Å². The Morgan fingerprint density at radius 2 is 1.86 bits per heavy atom. The van der Waals surface area contributed by atoms with Gasteiger partial charge in [-0.3, -0.25) is 10.1 Å². The van der Waals surface area contributed by atoms with Crippen LogP contribution in [0.3, 0.4) is 0 Å². The molecule has 0 fully saturated rings. The van der Waals surface area contributed by atoms with Gasteiger partial charge in [0.25, 0.3) is 5.91 Å². The van der Waals surface area contributed by atoms with Gasteiger partial charge in [0.05, 0.1) is 13.7 Å². The zero-order chi connectivity index (χ0) is 26.5. The molecule has 1 aromatic heterocycles. The highest BCUT2D eigenvalue weighted by Gasteiger charge is 2.14. The summed E-state index contributed by atoms with van der Waals surface area (Å²) in [6.45, 7) is 5.00. The summed E-state index contributed by atoms with van der Waals surface area (Å²) in [5, 5.41) is 21.5. The molecule has 3 rings (SSSR count). The summed E-state index contributed by atoms with van der Waals surface area (Å²) in [7, 11) is 1.60. The van der Waals surface area contributed by atoms with Gasteiger partial charge in [0.2, 0.25) is 5.13 Å². The first-order valence-electron chi connectivity index (χ1n) is 12.0. The van der Waals surface area contributed by atoms with E-state index in [0.29, 0.717) is 53.5 Å². The average molecular weight is 523 g/mol. The van der Waals surface area contributed by atoms with E-state index in [1.807, 2.05) is 31.2 Å². The number of carbonyl (C=O) groups excluding carboxylic acids is 1. The molecule has 10 heteroatoms. The number of hydrogen-bond acceptors (Lipinski definition) is 9. The molecule has 37 heavy (non-hydrogen) atoms. The number of nitrogens with one attached hydrogen (secondary N) is 1. The molecular formula is C27H30N4O5S. The Kier molecular flexibility index (Phi) is 10.7. The second kappa shape index (κ2) is 14.5. The molecular weight excluding hydrogens is 492 g/mol. The van der Waals surface area contributed by atoms with Crippen molar-refractivity contribution < 1.29 is 23.7 Å². The van der Waals surface area contributed by atoms with Crippen molar-refractivity contribution in [3.63, 3.8) is 0 Å². The first-order valence-corrected chi connectivity index (χ1v) is 12.8. The zero-order valence-electron chi connectivity index (χ0n) is 21.2. The van der Waals surface area contributed by atoms with E-state index in [0.717, 1.165) is 24.3 Å². The number of nitrogens with zero attached hydrogens (tertiary/aromatic N) is 3. The van der Waals surface area contributed by atoms with Gasteiger partial charge in [0.1, 0.15) is 41.4 Å². The van der Waals surface area contributed by atoms with Gasteiger partial charge in [-0.05, 0) is 49.2 Å². The molecule has 0 spiro atoms. The maximum Gasteiger partial charge on any atom is 0.268 e. The minimum Gasteiger partial charge on any atom is -0.497 e.